The van der Waals surface area contributed by atoms with Crippen LogP contribution in [0, 0.1) is 41.0 Å². The van der Waals surface area contributed by atoms with Gasteiger partial charge in [0.25, 0.3) is 0 Å². The summed E-state index contributed by atoms with van der Waals surface area (Å²) in [4.78, 5) is 0. The van der Waals surface area contributed by atoms with Crippen molar-refractivity contribution < 1.29 is 22.3 Å². The zero-order chi connectivity index (χ0) is 34.6. The number of benzene rings is 3. The molecule has 0 amide bonds. The summed E-state index contributed by atoms with van der Waals surface area (Å²) in [5.41, 5.74) is 1.72. The van der Waals surface area contributed by atoms with E-state index in [-0.39, 0.29) is 22.8 Å². The molecule has 5 heteroatoms. The molecule has 2 aliphatic carbocycles. The lowest BCUT2D eigenvalue weighted by Gasteiger charge is -2.38. The summed E-state index contributed by atoms with van der Waals surface area (Å²) >= 11 is 0. The molecule has 5 rings (SSSR count). The first kappa shape index (κ1) is 37.4. The Morgan fingerprint density at radius 2 is 1.02 bits per heavy atom. The van der Waals surface area contributed by atoms with Crippen LogP contribution in [0.2, 0.25) is 0 Å². The molecule has 1 nitrogen and oxygen atoms in total. The average Bonchev–Trinajstić information content (AvgIpc) is 3.13. The van der Waals surface area contributed by atoms with Gasteiger partial charge in [0.15, 0.2) is 23.2 Å². The molecule has 2 fully saturated rings. The largest absolute Gasteiger partial charge is 0.490 e. The zero-order valence-corrected chi connectivity index (χ0v) is 30.0. The molecule has 3 aromatic carbocycles. The van der Waals surface area contributed by atoms with Gasteiger partial charge in [-0.1, -0.05) is 127 Å². The number of hydrogen-bond donors (Lipinski definition) is 0. The maximum Gasteiger partial charge on any atom is 0.201 e. The monoisotopic (exact) mass is 678 g/mol. The highest BCUT2D eigenvalue weighted by molar-refractivity contribution is 5.72. The van der Waals surface area contributed by atoms with Crippen LogP contribution in [0.4, 0.5) is 17.6 Å². The van der Waals surface area contributed by atoms with Gasteiger partial charge in [0.1, 0.15) is 0 Å². The van der Waals surface area contributed by atoms with Crippen LogP contribution in [-0.4, -0.2) is 6.61 Å². The first-order valence-electron chi connectivity index (χ1n) is 19.6. The van der Waals surface area contributed by atoms with Crippen molar-refractivity contribution in [3.63, 3.8) is 0 Å². The SMILES string of the molecule is CCCCCCCOc1ccc(-c2ccc(-c3ccc(C4CCC(C5CCC(CCCCCCC)CC5)CC4)c(F)c3F)cc2)c(F)c1F. The zero-order valence-electron chi connectivity index (χ0n) is 30.0. The number of hydrogen-bond acceptors (Lipinski definition) is 1. The Morgan fingerprint density at radius 1 is 0.510 bits per heavy atom. The lowest BCUT2D eigenvalue weighted by Crippen LogP contribution is -2.25. The molecule has 2 saturated carbocycles. The normalized spacial score (nSPS) is 21.2. The van der Waals surface area contributed by atoms with Crippen LogP contribution in [0.3, 0.4) is 0 Å². The van der Waals surface area contributed by atoms with E-state index in [1.807, 2.05) is 0 Å². The Labute approximate surface area is 293 Å². The van der Waals surface area contributed by atoms with Gasteiger partial charge in [0.05, 0.1) is 6.61 Å². The second-order valence-electron chi connectivity index (χ2n) is 15.0. The molecular formula is C44H58F4O. The van der Waals surface area contributed by atoms with Crippen molar-refractivity contribution in [3.05, 3.63) is 77.4 Å². The molecule has 0 bridgehead atoms. The lowest BCUT2D eigenvalue weighted by atomic mass is 9.68. The van der Waals surface area contributed by atoms with Crippen molar-refractivity contribution in [1.82, 2.24) is 0 Å². The van der Waals surface area contributed by atoms with E-state index in [0.717, 1.165) is 75.5 Å². The summed E-state index contributed by atoms with van der Waals surface area (Å²) < 4.78 is 66.5. The number of ether oxygens (including phenoxy) is 1. The van der Waals surface area contributed by atoms with Crippen LogP contribution in [0.15, 0.2) is 48.5 Å². The molecule has 0 heterocycles. The molecule has 49 heavy (non-hydrogen) atoms. The summed E-state index contributed by atoms with van der Waals surface area (Å²) in [6.07, 6.45) is 22.9. The minimum Gasteiger partial charge on any atom is -0.490 e. The van der Waals surface area contributed by atoms with Gasteiger partial charge in [-0.3, -0.25) is 0 Å². The van der Waals surface area contributed by atoms with Crippen molar-refractivity contribution in [2.24, 2.45) is 17.8 Å². The minimum absolute atomic E-state index is 0.0486. The van der Waals surface area contributed by atoms with Gasteiger partial charge in [0, 0.05) is 11.1 Å². The van der Waals surface area contributed by atoms with Gasteiger partial charge in [-0.15, -0.1) is 0 Å². The standard InChI is InChI=1S/C44H58F4O/c1-3-5-7-9-11-13-31-14-16-32(17-15-31)33-18-20-34(21-19-33)37-26-27-38(42(46)41(37)45)35-22-24-36(25-23-35)39-28-29-40(44(48)43(39)47)49-30-12-10-8-6-4-2/h22-29,31-34H,3-21,30H2,1-2H3. The Kier molecular flexibility index (Phi) is 14.5. The Bertz CT molecular complexity index is 1430. The molecule has 3 aromatic rings. The Morgan fingerprint density at radius 3 is 1.61 bits per heavy atom. The van der Waals surface area contributed by atoms with E-state index in [1.54, 1.807) is 36.4 Å². The van der Waals surface area contributed by atoms with Crippen molar-refractivity contribution in [3.8, 4) is 28.0 Å². The molecule has 0 atom stereocenters. The highest BCUT2D eigenvalue weighted by Crippen LogP contribution is 2.45. The van der Waals surface area contributed by atoms with Crippen molar-refractivity contribution >= 4 is 0 Å². The fraction of sp³-hybridized carbons (Fsp3) is 0.591. The van der Waals surface area contributed by atoms with Crippen molar-refractivity contribution in [2.75, 3.05) is 6.61 Å². The minimum atomic E-state index is -1.01. The fourth-order valence-electron chi connectivity index (χ4n) is 8.57. The lowest BCUT2D eigenvalue weighted by molar-refractivity contribution is 0.155. The molecule has 0 saturated heterocycles. The first-order chi connectivity index (χ1) is 23.9. The topological polar surface area (TPSA) is 9.23 Å². The molecule has 0 radical (unpaired) electrons. The van der Waals surface area contributed by atoms with Gasteiger partial charge in [-0.25, -0.2) is 13.2 Å². The number of rotatable bonds is 17. The van der Waals surface area contributed by atoms with E-state index in [0.29, 0.717) is 23.3 Å². The van der Waals surface area contributed by atoms with Crippen molar-refractivity contribution in [2.45, 2.75) is 142 Å². The van der Waals surface area contributed by atoms with Crippen LogP contribution in [-0.2, 0) is 0 Å². The average molecular weight is 679 g/mol. The molecule has 0 N–H and O–H groups in total. The third kappa shape index (κ3) is 9.91. The van der Waals surface area contributed by atoms with E-state index in [9.17, 15) is 4.39 Å². The highest BCUT2D eigenvalue weighted by Gasteiger charge is 2.32. The van der Waals surface area contributed by atoms with Gasteiger partial charge >= 0.3 is 0 Å². The van der Waals surface area contributed by atoms with Crippen LogP contribution >= 0.6 is 0 Å². The maximum absolute atomic E-state index is 15.6. The molecule has 2 aliphatic rings. The van der Waals surface area contributed by atoms with E-state index in [4.69, 9.17) is 4.74 Å². The molecule has 0 aromatic heterocycles. The van der Waals surface area contributed by atoms with Crippen LogP contribution in [0.1, 0.15) is 147 Å². The van der Waals surface area contributed by atoms with E-state index in [2.05, 4.69) is 13.8 Å². The number of halogens is 4. The van der Waals surface area contributed by atoms with Crippen LogP contribution < -0.4 is 4.74 Å². The molecule has 0 spiro atoms. The summed E-state index contributed by atoms with van der Waals surface area (Å²) in [7, 11) is 0. The molecule has 0 unspecified atom stereocenters. The van der Waals surface area contributed by atoms with Gasteiger partial charge in [-0.2, -0.15) is 4.39 Å². The fourth-order valence-corrected chi connectivity index (χ4v) is 8.57. The first-order valence-corrected chi connectivity index (χ1v) is 19.6. The quantitative estimate of drug-likeness (QED) is 0.102. The van der Waals surface area contributed by atoms with E-state index in [1.165, 1.54) is 76.3 Å². The van der Waals surface area contributed by atoms with Gasteiger partial charge in [-0.05, 0) is 97.4 Å². The van der Waals surface area contributed by atoms with Gasteiger partial charge < -0.3 is 4.74 Å². The summed E-state index contributed by atoms with van der Waals surface area (Å²) in [6.45, 7) is 4.76. The molecule has 268 valence electrons. The third-order valence-corrected chi connectivity index (χ3v) is 11.7. The van der Waals surface area contributed by atoms with E-state index >= 15 is 13.2 Å². The maximum atomic E-state index is 15.6. The second kappa shape index (κ2) is 19.0. The van der Waals surface area contributed by atoms with Crippen LogP contribution in [0.5, 0.6) is 5.75 Å². The third-order valence-electron chi connectivity index (χ3n) is 11.7. The number of unbranched alkanes of at least 4 members (excludes halogenated alkanes) is 8. The smallest absolute Gasteiger partial charge is 0.201 e. The second-order valence-corrected chi connectivity index (χ2v) is 15.0. The van der Waals surface area contributed by atoms with E-state index < -0.39 is 23.3 Å². The predicted octanol–water partition coefficient (Wildman–Crippen LogP) is 14.4. The summed E-state index contributed by atoms with van der Waals surface area (Å²) in [6, 6.07) is 12.9. The summed E-state index contributed by atoms with van der Waals surface area (Å²) in [5.74, 6) is -1.20. The Balaban J connectivity index is 1.13. The predicted molar refractivity (Wildman–Crippen MR) is 195 cm³/mol. The van der Waals surface area contributed by atoms with Crippen molar-refractivity contribution in [1.29, 1.82) is 0 Å². The molecular weight excluding hydrogens is 620 g/mol. The van der Waals surface area contributed by atoms with Gasteiger partial charge in [0.2, 0.25) is 5.82 Å². The highest BCUT2D eigenvalue weighted by atomic mass is 19.2. The Hall–Kier alpha value is -2.82. The van der Waals surface area contributed by atoms with Crippen LogP contribution in [0.25, 0.3) is 22.3 Å². The molecule has 0 aliphatic heterocycles. The summed E-state index contributed by atoms with van der Waals surface area (Å²) in [5, 5.41) is 0.